The maximum atomic E-state index is 12.8. The summed E-state index contributed by atoms with van der Waals surface area (Å²) in [6, 6.07) is 9.37. The first-order chi connectivity index (χ1) is 8.00. The van der Waals surface area contributed by atoms with Crippen LogP contribution in [0, 0.1) is 0 Å². The Balaban J connectivity index is 2.77. The Bertz CT molecular complexity index is 392. The summed E-state index contributed by atoms with van der Waals surface area (Å²) < 4.78 is 12.8. The molecule has 0 saturated carbocycles. The van der Waals surface area contributed by atoms with Crippen molar-refractivity contribution in [2.45, 2.75) is 19.1 Å². The molecular formula is C13H15ClFNO. The highest BCUT2D eigenvalue weighted by Crippen LogP contribution is 2.11. The molecule has 4 heteroatoms. The molecule has 1 aromatic rings. The normalized spacial score (nSPS) is 11.9. The quantitative estimate of drug-likeness (QED) is 0.585. The summed E-state index contributed by atoms with van der Waals surface area (Å²) in [5, 5.41) is 0. The number of rotatable bonds is 5. The Labute approximate surface area is 106 Å². The van der Waals surface area contributed by atoms with Crippen molar-refractivity contribution in [2.24, 2.45) is 0 Å². The minimum atomic E-state index is -2.00. The average molecular weight is 256 g/mol. The topological polar surface area (TPSA) is 20.3 Å². The van der Waals surface area contributed by atoms with Crippen LogP contribution in [-0.4, -0.2) is 23.0 Å². The van der Waals surface area contributed by atoms with Gasteiger partial charge in [-0.2, -0.15) is 0 Å². The van der Waals surface area contributed by atoms with E-state index in [4.69, 9.17) is 11.6 Å². The Morgan fingerprint density at radius 1 is 1.47 bits per heavy atom. The molecule has 92 valence electrons. The molecule has 0 bridgehead atoms. The smallest absolute Gasteiger partial charge is 0.273 e. The average Bonchev–Trinajstić information content (AvgIpc) is 2.28. The van der Waals surface area contributed by atoms with Gasteiger partial charge in [-0.3, -0.25) is 4.79 Å². The van der Waals surface area contributed by atoms with Crippen LogP contribution in [0.5, 0.6) is 0 Å². The van der Waals surface area contributed by atoms with E-state index in [-0.39, 0.29) is 0 Å². The van der Waals surface area contributed by atoms with Crippen molar-refractivity contribution in [3.05, 3.63) is 48.0 Å². The molecule has 0 saturated heterocycles. The Hall–Kier alpha value is -1.35. The standard InChI is InChI=1S/C13H15ClFNO/c1-10(2)8-16(13(17)12(14)15)9-11-6-4-3-5-7-11/h3-7,12H,1,8-9H2,2H3. The first-order valence-corrected chi connectivity index (χ1v) is 5.69. The van der Waals surface area contributed by atoms with E-state index in [1.807, 2.05) is 30.3 Å². The first-order valence-electron chi connectivity index (χ1n) is 5.26. The minimum Gasteiger partial charge on any atom is -0.331 e. The zero-order chi connectivity index (χ0) is 12.8. The monoisotopic (exact) mass is 255 g/mol. The van der Waals surface area contributed by atoms with Gasteiger partial charge in [-0.1, -0.05) is 54.1 Å². The molecule has 0 aromatic heterocycles. The van der Waals surface area contributed by atoms with Gasteiger partial charge in [-0.05, 0) is 12.5 Å². The molecule has 0 N–H and O–H groups in total. The van der Waals surface area contributed by atoms with Crippen molar-refractivity contribution in [3.63, 3.8) is 0 Å². The lowest BCUT2D eigenvalue weighted by molar-refractivity contribution is -0.133. The van der Waals surface area contributed by atoms with Gasteiger partial charge >= 0.3 is 0 Å². The van der Waals surface area contributed by atoms with Gasteiger partial charge in [0.1, 0.15) is 0 Å². The van der Waals surface area contributed by atoms with Crippen molar-refractivity contribution >= 4 is 17.5 Å². The molecule has 0 radical (unpaired) electrons. The van der Waals surface area contributed by atoms with Gasteiger partial charge in [0.25, 0.3) is 11.5 Å². The molecular weight excluding hydrogens is 241 g/mol. The SMILES string of the molecule is C=C(C)CN(Cc1ccccc1)C(=O)C(F)Cl. The van der Waals surface area contributed by atoms with E-state index in [9.17, 15) is 9.18 Å². The maximum Gasteiger partial charge on any atom is 0.273 e. The highest BCUT2D eigenvalue weighted by atomic mass is 35.5. The van der Waals surface area contributed by atoms with E-state index < -0.39 is 11.5 Å². The maximum absolute atomic E-state index is 12.8. The largest absolute Gasteiger partial charge is 0.331 e. The number of amides is 1. The van der Waals surface area contributed by atoms with Crippen molar-refractivity contribution in [1.29, 1.82) is 0 Å². The molecule has 0 aliphatic rings. The van der Waals surface area contributed by atoms with E-state index in [0.29, 0.717) is 13.1 Å². The molecule has 0 aliphatic carbocycles. The molecule has 0 fully saturated rings. The Morgan fingerprint density at radius 2 is 2.06 bits per heavy atom. The van der Waals surface area contributed by atoms with Gasteiger partial charge in [0, 0.05) is 13.1 Å². The summed E-state index contributed by atoms with van der Waals surface area (Å²) in [5.41, 5.74) is -0.288. The van der Waals surface area contributed by atoms with Crippen LogP contribution in [0.25, 0.3) is 0 Å². The molecule has 0 aliphatic heterocycles. The van der Waals surface area contributed by atoms with Gasteiger partial charge in [0.15, 0.2) is 0 Å². The third kappa shape index (κ3) is 4.57. The molecule has 1 unspecified atom stereocenters. The molecule has 2 nitrogen and oxygen atoms in total. The lowest BCUT2D eigenvalue weighted by atomic mass is 10.2. The summed E-state index contributed by atoms with van der Waals surface area (Å²) in [7, 11) is 0. The van der Waals surface area contributed by atoms with Crippen LogP contribution in [0.15, 0.2) is 42.5 Å². The number of carbonyl (C=O) groups excluding carboxylic acids is 1. The van der Waals surface area contributed by atoms with Gasteiger partial charge < -0.3 is 4.90 Å². The van der Waals surface area contributed by atoms with E-state index in [0.717, 1.165) is 11.1 Å². The summed E-state index contributed by atoms with van der Waals surface area (Å²) in [6.45, 7) is 6.14. The second kappa shape index (κ2) is 6.40. The van der Waals surface area contributed by atoms with E-state index in [2.05, 4.69) is 6.58 Å². The number of hydrogen-bond donors (Lipinski definition) is 0. The van der Waals surface area contributed by atoms with Gasteiger partial charge in [0.05, 0.1) is 0 Å². The van der Waals surface area contributed by atoms with Crippen molar-refractivity contribution in [3.8, 4) is 0 Å². The highest BCUT2D eigenvalue weighted by molar-refractivity contribution is 6.29. The number of benzene rings is 1. The second-order valence-corrected chi connectivity index (χ2v) is 4.32. The lowest BCUT2D eigenvalue weighted by Crippen LogP contribution is -2.35. The molecule has 0 heterocycles. The predicted molar refractivity (Wildman–Crippen MR) is 67.4 cm³/mol. The van der Waals surface area contributed by atoms with Crippen LogP contribution in [0.3, 0.4) is 0 Å². The number of alkyl halides is 2. The first kappa shape index (κ1) is 13.7. The van der Waals surface area contributed by atoms with Crippen molar-refractivity contribution < 1.29 is 9.18 Å². The Kier molecular flexibility index (Phi) is 5.16. The lowest BCUT2D eigenvalue weighted by Gasteiger charge is -2.23. The van der Waals surface area contributed by atoms with Crippen LogP contribution in [0.4, 0.5) is 4.39 Å². The van der Waals surface area contributed by atoms with Gasteiger partial charge in [-0.25, -0.2) is 4.39 Å². The summed E-state index contributed by atoms with van der Waals surface area (Å²) in [6.07, 6.45) is 0. The number of hydrogen-bond acceptors (Lipinski definition) is 1. The molecule has 0 spiro atoms. The zero-order valence-corrected chi connectivity index (χ0v) is 10.5. The summed E-state index contributed by atoms with van der Waals surface area (Å²) in [5.74, 6) is -0.724. The van der Waals surface area contributed by atoms with Crippen molar-refractivity contribution in [1.82, 2.24) is 4.90 Å². The number of nitrogens with zero attached hydrogens (tertiary/aromatic N) is 1. The van der Waals surface area contributed by atoms with Crippen LogP contribution in [0.2, 0.25) is 0 Å². The molecule has 1 aromatic carbocycles. The third-order valence-electron chi connectivity index (χ3n) is 2.18. The highest BCUT2D eigenvalue weighted by Gasteiger charge is 2.21. The molecule has 1 amide bonds. The predicted octanol–water partition coefficient (Wildman–Crippen LogP) is 3.13. The Morgan fingerprint density at radius 3 is 2.53 bits per heavy atom. The van der Waals surface area contributed by atoms with E-state index >= 15 is 0 Å². The second-order valence-electron chi connectivity index (χ2n) is 3.94. The number of carbonyl (C=O) groups is 1. The van der Waals surface area contributed by atoms with E-state index in [1.165, 1.54) is 4.90 Å². The molecule has 1 atom stereocenters. The number of halogens is 2. The summed E-state index contributed by atoms with van der Waals surface area (Å²) >= 11 is 5.19. The third-order valence-corrected chi connectivity index (χ3v) is 2.36. The fourth-order valence-corrected chi connectivity index (χ4v) is 1.62. The molecule has 17 heavy (non-hydrogen) atoms. The van der Waals surface area contributed by atoms with E-state index in [1.54, 1.807) is 6.92 Å². The van der Waals surface area contributed by atoms with Gasteiger partial charge in [-0.15, -0.1) is 0 Å². The van der Waals surface area contributed by atoms with Crippen molar-refractivity contribution in [2.75, 3.05) is 6.54 Å². The summed E-state index contributed by atoms with van der Waals surface area (Å²) in [4.78, 5) is 12.9. The fraction of sp³-hybridized carbons (Fsp3) is 0.308. The van der Waals surface area contributed by atoms with Crippen LogP contribution >= 0.6 is 11.6 Å². The zero-order valence-electron chi connectivity index (χ0n) is 9.70. The minimum absolute atomic E-state index is 0.306. The van der Waals surface area contributed by atoms with Gasteiger partial charge in [0.2, 0.25) is 0 Å². The van der Waals surface area contributed by atoms with Crippen LogP contribution < -0.4 is 0 Å². The van der Waals surface area contributed by atoms with Crippen LogP contribution in [-0.2, 0) is 11.3 Å². The fourth-order valence-electron chi connectivity index (χ4n) is 1.48. The van der Waals surface area contributed by atoms with Crippen LogP contribution in [0.1, 0.15) is 12.5 Å². The molecule has 1 rings (SSSR count).